The van der Waals surface area contributed by atoms with Crippen molar-refractivity contribution in [3.63, 3.8) is 0 Å². The first-order chi connectivity index (χ1) is 15.3. The van der Waals surface area contributed by atoms with Gasteiger partial charge in [0.05, 0.1) is 17.7 Å². The molecule has 0 radical (unpaired) electrons. The summed E-state index contributed by atoms with van der Waals surface area (Å²) in [5.74, 6) is -2.20. The van der Waals surface area contributed by atoms with E-state index in [1.54, 1.807) is 20.8 Å². The molecule has 0 atom stereocenters. The van der Waals surface area contributed by atoms with E-state index >= 15 is 0 Å². The van der Waals surface area contributed by atoms with Crippen LogP contribution >= 0.6 is 0 Å². The van der Waals surface area contributed by atoms with Gasteiger partial charge in [-0.2, -0.15) is 17.6 Å². The van der Waals surface area contributed by atoms with Gasteiger partial charge in [-0.3, -0.25) is 4.79 Å². The van der Waals surface area contributed by atoms with Crippen molar-refractivity contribution in [1.29, 1.82) is 0 Å². The minimum absolute atomic E-state index is 0.0607. The molecule has 178 valence electrons. The zero-order chi connectivity index (χ0) is 24.4. The SMILES string of the molecule is CC(C)(C)OC(=O)N1CC(COc2cc(NC(=O)c3cccnc3F)cc(C(F)(F)F)c2)C1. The molecule has 1 saturated heterocycles. The normalized spacial score (nSPS) is 14.5. The molecule has 1 aliphatic heterocycles. The summed E-state index contributed by atoms with van der Waals surface area (Å²) in [6.45, 7) is 5.99. The van der Waals surface area contributed by atoms with Crippen LogP contribution < -0.4 is 10.1 Å². The van der Waals surface area contributed by atoms with E-state index in [2.05, 4.69) is 10.3 Å². The number of pyridine rings is 1. The summed E-state index contributed by atoms with van der Waals surface area (Å²) in [4.78, 5) is 29.1. The molecule has 7 nitrogen and oxygen atoms in total. The lowest BCUT2D eigenvalue weighted by Gasteiger charge is -2.39. The number of nitrogens with zero attached hydrogens (tertiary/aromatic N) is 2. The van der Waals surface area contributed by atoms with Crippen molar-refractivity contribution in [1.82, 2.24) is 9.88 Å². The molecule has 1 aromatic heterocycles. The third-order valence-electron chi connectivity index (χ3n) is 4.59. The highest BCUT2D eigenvalue weighted by molar-refractivity contribution is 6.04. The Morgan fingerprint density at radius 3 is 2.48 bits per heavy atom. The van der Waals surface area contributed by atoms with Crippen molar-refractivity contribution < 1.29 is 36.6 Å². The zero-order valence-electron chi connectivity index (χ0n) is 18.2. The number of rotatable bonds is 5. The molecule has 2 amide bonds. The molecular formula is C22H23F4N3O4. The van der Waals surface area contributed by atoms with Crippen LogP contribution in [0.2, 0.25) is 0 Å². The molecule has 11 heteroatoms. The van der Waals surface area contributed by atoms with E-state index in [0.29, 0.717) is 13.1 Å². The second-order valence-electron chi connectivity index (χ2n) is 8.60. The van der Waals surface area contributed by atoms with Gasteiger partial charge in [-0.25, -0.2) is 9.78 Å². The van der Waals surface area contributed by atoms with Crippen LogP contribution in [0.15, 0.2) is 36.5 Å². The summed E-state index contributed by atoms with van der Waals surface area (Å²) in [5.41, 5.74) is -2.28. The Kier molecular flexibility index (Phi) is 6.80. The molecule has 0 saturated carbocycles. The topological polar surface area (TPSA) is 80.8 Å². The fourth-order valence-electron chi connectivity index (χ4n) is 3.04. The fourth-order valence-corrected chi connectivity index (χ4v) is 3.04. The molecule has 1 N–H and O–H groups in total. The number of ether oxygens (including phenoxy) is 2. The second kappa shape index (κ2) is 9.24. The number of anilines is 1. The number of amides is 2. The molecule has 1 fully saturated rings. The predicted molar refractivity (Wildman–Crippen MR) is 110 cm³/mol. The van der Waals surface area contributed by atoms with Crippen molar-refractivity contribution in [2.75, 3.05) is 25.0 Å². The van der Waals surface area contributed by atoms with Crippen LogP contribution in [-0.4, -0.2) is 47.2 Å². The smallest absolute Gasteiger partial charge is 0.416 e. The molecule has 0 bridgehead atoms. The van der Waals surface area contributed by atoms with Gasteiger partial charge in [0.1, 0.15) is 11.4 Å². The average Bonchev–Trinajstić information content (AvgIpc) is 2.64. The molecule has 2 aromatic rings. The highest BCUT2D eigenvalue weighted by Gasteiger charge is 2.35. The van der Waals surface area contributed by atoms with E-state index in [-0.39, 0.29) is 24.0 Å². The van der Waals surface area contributed by atoms with Crippen LogP contribution in [-0.2, 0) is 10.9 Å². The minimum atomic E-state index is -4.69. The number of hydrogen-bond donors (Lipinski definition) is 1. The van der Waals surface area contributed by atoms with E-state index in [4.69, 9.17) is 9.47 Å². The Morgan fingerprint density at radius 2 is 1.88 bits per heavy atom. The second-order valence-corrected chi connectivity index (χ2v) is 8.60. The van der Waals surface area contributed by atoms with Crippen molar-refractivity contribution in [2.45, 2.75) is 32.5 Å². The first-order valence-electron chi connectivity index (χ1n) is 10.1. The number of carbonyl (C=O) groups is 2. The molecule has 2 heterocycles. The van der Waals surface area contributed by atoms with E-state index in [0.717, 1.165) is 24.4 Å². The molecular weight excluding hydrogens is 446 g/mol. The van der Waals surface area contributed by atoms with E-state index < -0.39 is 40.9 Å². The third kappa shape index (κ3) is 6.56. The van der Waals surface area contributed by atoms with Crippen molar-refractivity contribution in [3.8, 4) is 5.75 Å². The predicted octanol–water partition coefficient (Wildman–Crippen LogP) is 4.74. The van der Waals surface area contributed by atoms with E-state index in [1.807, 2.05) is 0 Å². The number of alkyl halides is 3. The lowest BCUT2D eigenvalue weighted by atomic mass is 10.0. The number of likely N-dealkylation sites (tertiary alicyclic amines) is 1. The maximum absolute atomic E-state index is 13.7. The zero-order valence-corrected chi connectivity index (χ0v) is 18.2. The highest BCUT2D eigenvalue weighted by Crippen LogP contribution is 2.34. The Balaban J connectivity index is 1.66. The summed E-state index contributed by atoms with van der Waals surface area (Å²) in [6.07, 6.45) is -4.01. The molecule has 33 heavy (non-hydrogen) atoms. The van der Waals surface area contributed by atoms with Gasteiger partial charge in [0.25, 0.3) is 5.91 Å². The summed E-state index contributed by atoms with van der Waals surface area (Å²) in [7, 11) is 0. The Labute approximate surface area is 187 Å². The molecule has 0 spiro atoms. The first kappa shape index (κ1) is 24.3. The molecule has 3 rings (SSSR count). The number of carbonyl (C=O) groups excluding carboxylic acids is 2. The molecule has 0 unspecified atom stereocenters. The molecule has 0 aliphatic carbocycles. The number of halogens is 4. The van der Waals surface area contributed by atoms with Crippen LogP contribution in [0.1, 0.15) is 36.7 Å². The van der Waals surface area contributed by atoms with Gasteiger partial charge in [-0.1, -0.05) is 0 Å². The number of nitrogens with one attached hydrogen (secondary N) is 1. The lowest BCUT2D eigenvalue weighted by molar-refractivity contribution is -0.137. The molecule has 1 aromatic carbocycles. The summed E-state index contributed by atoms with van der Waals surface area (Å²) in [5, 5.41) is 2.24. The van der Waals surface area contributed by atoms with Crippen molar-refractivity contribution in [3.05, 3.63) is 53.6 Å². The number of hydrogen-bond acceptors (Lipinski definition) is 5. The summed E-state index contributed by atoms with van der Waals surface area (Å²) < 4.78 is 64.5. The third-order valence-corrected chi connectivity index (χ3v) is 4.59. The average molecular weight is 469 g/mol. The quantitative estimate of drug-likeness (QED) is 0.506. The Bertz CT molecular complexity index is 1030. The standard InChI is InChI=1S/C22H23F4N3O4/c1-21(2,3)33-20(31)29-10-13(11-29)12-32-16-8-14(22(24,25)26)7-15(9-16)28-19(30)17-5-4-6-27-18(17)23/h4-9,13H,10-12H2,1-3H3,(H,28,30). The van der Waals surface area contributed by atoms with Gasteiger partial charge in [-0.15, -0.1) is 0 Å². The number of benzene rings is 1. The molecule has 1 aliphatic rings. The van der Waals surface area contributed by atoms with Crippen LogP contribution in [0, 0.1) is 11.9 Å². The maximum Gasteiger partial charge on any atom is 0.416 e. The van der Waals surface area contributed by atoms with Crippen LogP contribution in [0.5, 0.6) is 5.75 Å². The first-order valence-corrected chi connectivity index (χ1v) is 10.1. The van der Waals surface area contributed by atoms with Crippen LogP contribution in [0.25, 0.3) is 0 Å². The largest absolute Gasteiger partial charge is 0.493 e. The van der Waals surface area contributed by atoms with Gasteiger partial charge >= 0.3 is 12.3 Å². The van der Waals surface area contributed by atoms with Crippen molar-refractivity contribution in [2.24, 2.45) is 5.92 Å². The van der Waals surface area contributed by atoms with Gasteiger partial charge in [0.2, 0.25) is 5.95 Å². The van der Waals surface area contributed by atoms with Gasteiger partial charge in [0, 0.05) is 37.0 Å². The van der Waals surface area contributed by atoms with Gasteiger partial charge < -0.3 is 19.7 Å². The van der Waals surface area contributed by atoms with Gasteiger partial charge in [-0.05, 0) is 45.0 Å². The minimum Gasteiger partial charge on any atom is -0.493 e. The lowest BCUT2D eigenvalue weighted by Crippen LogP contribution is -2.53. The number of aromatic nitrogens is 1. The van der Waals surface area contributed by atoms with Crippen LogP contribution in [0.4, 0.5) is 28.0 Å². The summed E-state index contributed by atoms with van der Waals surface area (Å²) >= 11 is 0. The fraction of sp³-hybridized carbons (Fsp3) is 0.409. The van der Waals surface area contributed by atoms with Gasteiger partial charge in [0.15, 0.2) is 0 Å². The Hall–Kier alpha value is -3.37. The summed E-state index contributed by atoms with van der Waals surface area (Å²) in [6, 6.07) is 5.25. The maximum atomic E-state index is 13.7. The monoisotopic (exact) mass is 469 g/mol. The van der Waals surface area contributed by atoms with E-state index in [1.165, 1.54) is 17.0 Å². The van der Waals surface area contributed by atoms with Crippen LogP contribution in [0.3, 0.4) is 0 Å². The van der Waals surface area contributed by atoms with E-state index in [9.17, 15) is 27.2 Å². The van der Waals surface area contributed by atoms with Crippen molar-refractivity contribution >= 4 is 17.7 Å². The Morgan fingerprint density at radius 1 is 1.18 bits per heavy atom. The highest BCUT2D eigenvalue weighted by atomic mass is 19.4.